The fourth-order valence-electron chi connectivity index (χ4n) is 2.07. The molecule has 0 bridgehead atoms. The van der Waals surface area contributed by atoms with Gasteiger partial charge in [-0.2, -0.15) is 0 Å². The van der Waals surface area contributed by atoms with E-state index in [1.165, 1.54) is 17.7 Å². The van der Waals surface area contributed by atoms with Crippen LogP contribution in [0.5, 0.6) is 0 Å². The Morgan fingerprint density at radius 1 is 1.11 bits per heavy atom. The van der Waals surface area contributed by atoms with Crippen molar-refractivity contribution in [3.8, 4) is 10.4 Å². The minimum atomic E-state index is -0.0918. The van der Waals surface area contributed by atoms with E-state index in [1.54, 1.807) is 17.4 Å². The Bertz CT molecular complexity index is 514. The molecule has 0 saturated carbocycles. The molecule has 0 aliphatic rings. The van der Waals surface area contributed by atoms with Gasteiger partial charge in [-0.3, -0.25) is 0 Å². The molecule has 1 aromatic carbocycles. The number of hydrogen-bond acceptors (Lipinski definition) is 1. The second-order valence-corrected chi connectivity index (χ2v) is 5.97. The maximum absolute atomic E-state index is 14.1. The summed E-state index contributed by atoms with van der Waals surface area (Å²) in [5.74, 6) is -0.0918. The molecule has 1 aromatic heterocycles. The Kier molecular flexibility index (Phi) is 4.54. The van der Waals surface area contributed by atoms with E-state index in [0.717, 1.165) is 28.8 Å². The minimum absolute atomic E-state index is 0.0918. The Hall–Kier alpha value is -1.15. The summed E-state index contributed by atoms with van der Waals surface area (Å²) in [5.41, 5.74) is 1.84. The van der Waals surface area contributed by atoms with E-state index in [2.05, 4.69) is 13.0 Å². The highest BCUT2D eigenvalue weighted by Crippen LogP contribution is 2.30. The van der Waals surface area contributed by atoms with Crippen LogP contribution in [0.4, 0.5) is 4.39 Å². The molecule has 96 valence electrons. The van der Waals surface area contributed by atoms with Gasteiger partial charge in [-0.05, 0) is 43.5 Å². The lowest BCUT2D eigenvalue weighted by Gasteiger charge is -2.04. The summed E-state index contributed by atoms with van der Waals surface area (Å²) in [6.45, 7) is 4.23. The number of hydrogen-bond donors (Lipinski definition) is 0. The Morgan fingerprint density at radius 2 is 1.94 bits per heavy atom. The Morgan fingerprint density at radius 3 is 2.56 bits per heavy atom. The van der Waals surface area contributed by atoms with Gasteiger partial charge in [0, 0.05) is 15.3 Å². The van der Waals surface area contributed by atoms with Crippen LogP contribution in [0.3, 0.4) is 0 Å². The summed E-state index contributed by atoms with van der Waals surface area (Å²) in [6.07, 6.45) is 4.55. The topological polar surface area (TPSA) is 0 Å². The largest absolute Gasteiger partial charge is 0.206 e. The molecule has 2 aromatic rings. The Labute approximate surface area is 112 Å². The molecule has 0 aliphatic heterocycles. The third-order valence-corrected chi connectivity index (χ3v) is 4.14. The van der Waals surface area contributed by atoms with Crippen molar-refractivity contribution in [3.05, 3.63) is 46.6 Å². The van der Waals surface area contributed by atoms with Gasteiger partial charge in [0.2, 0.25) is 0 Å². The summed E-state index contributed by atoms with van der Waals surface area (Å²) in [4.78, 5) is 2.24. The van der Waals surface area contributed by atoms with E-state index >= 15 is 0 Å². The lowest BCUT2D eigenvalue weighted by Crippen LogP contribution is -1.89. The van der Waals surface area contributed by atoms with Gasteiger partial charge in [-0.1, -0.05) is 31.9 Å². The molecule has 0 saturated heterocycles. The molecule has 0 spiro atoms. The van der Waals surface area contributed by atoms with Gasteiger partial charge in [-0.25, -0.2) is 4.39 Å². The summed E-state index contributed by atoms with van der Waals surface area (Å²) in [5, 5.41) is 0. The van der Waals surface area contributed by atoms with Gasteiger partial charge in [0.25, 0.3) is 0 Å². The van der Waals surface area contributed by atoms with E-state index < -0.39 is 0 Å². The van der Waals surface area contributed by atoms with Crippen molar-refractivity contribution < 1.29 is 4.39 Å². The molecule has 0 N–H and O–H groups in total. The fourth-order valence-corrected chi connectivity index (χ4v) is 2.97. The second kappa shape index (κ2) is 6.14. The number of rotatable bonds is 5. The van der Waals surface area contributed by atoms with Gasteiger partial charge >= 0.3 is 0 Å². The highest BCUT2D eigenvalue weighted by molar-refractivity contribution is 7.15. The van der Waals surface area contributed by atoms with Crippen LogP contribution < -0.4 is 0 Å². The van der Waals surface area contributed by atoms with Crippen molar-refractivity contribution in [2.45, 2.75) is 39.5 Å². The van der Waals surface area contributed by atoms with Gasteiger partial charge in [0.1, 0.15) is 5.82 Å². The standard InChI is InChI=1S/C16H19FS/c1-3-4-5-6-13-8-9-14(15(17)11-13)16-10-7-12(2)18-16/h7-11H,3-6H2,1-2H3. The molecule has 0 amide bonds. The molecule has 2 heteroatoms. The number of unbranched alkanes of at least 4 members (excludes halogenated alkanes) is 2. The van der Waals surface area contributed by atoms with E-state index in [4.69, 9.17) is 0 Å². The molecular formula is C16H19FS. The third-order valence-electron chi connectivity index (χ3n) is 3.11. The average Bonchev–Trinajstić information content (AvgIpc) is 2.76. The molecule has 2 rings (SSSR count). The lowest BCUT2D eigenvalue weighted by molar-refractivity contribution is 0.627. The first kappa shape index (κ1) is 13.3. The van der Waals surface area contributed by atoms with Gasteiger partial charge in [-0.15, -0.1) is 11.3 Å². The zero-order chi connectivity index (χ0) is 13.0. The summed E-state index contributed by atoms with van der Waals surface area (Å²) >= 11 is 1.64. The number of thiophene rings is 1. The average molecular weight is 262 g/mol. The minimum Gasteiger partial charge on any atom is -0.206 e. The van der Waals surface area contributed by atoms with E-state index in [-0.39, 0.29) is 5.82 Å². The molecule has 0 unspecified atom stereocenters. The first-order chi connectivity index (χ1) is 8.70. The van der Waals surface area contributed by atoms with Crippen molar-refractivity contribution >= 4 is 11.3 Å². The van der Waals surface area contributed by atoms with Crippen LogP contribution in [-0.2, 0) is 6.42 Å². The molecule has 0 radical (unpaired) electrons. The van der Waals surface area contributed by atoms with Crippen molar-refractivity contribution in [1.82, 2.24) is 0 Å². The van der Waals surface area contributed by atoms with Crippen LogP contribution in [0.15, 0.2) is 30.3 Å². The monoisotopic (exact) mass is 262 g/mol. The van der Waals surface area contributed by atoms with Crippen LogP contribution in [0.25, 0.3) is 10.4 Å². The smallest absolute Gasteiger partial charge is 0.132 e. The van der Waals surface area contributed by atoms with Crippen LogP contribution in [0.1, 0.15) is 36.6 Å². The zero-order valence-corrected chi connectivity index (χ0v) is 11.8. The maximum Gasteiger partial charge on any atom is 0.132 e. The predicted octanol–water partition coefficient (Wildman–Crippen LogP) is 5.60. The van der Waals surface area contributed by atoms with Crippen LogP contribution in [0, 0.1) is 12.7 Å². The van der Waals surface area contributed by atoms with Crippen molar-refractivity contribution in [1.29, 1.82) is 0 Å². The van der Waals surface area contributed by atoms with Crippen LogP contribution in [0.2, 0.25) is 0 Å². The fraction of sp³-hybridized carbons (Fsp3) is 0.375. The quantitative estimate of drug-likeness (QED) is 0.616. The SMILES string of the molecule is CCCCCc1ccc(-c2ccc(C)s2)c(F)c1. The molecule has 1 heterocycles. The first-order valence-corrected chi connectivity index (χ1v) is 7.37. The van der Waals surface area contributed by atoms with Crippen LogP contribution in [-0.4, -0.2) is 0 Å². The highest BCUT2D eigenvalue weighted by Gasteiger charge is 2.07. The normalized spacial score (nSPS) is 10.8. The molecule has 0 nitrogen and oxygen atoms in total. The van der Waals surface area contributed by atoms with E-state index in [1.807, 2.05) is 25.1 Å². The molecular weight excluding hydrogens is 243 g/mol. The Balaban J connectivity index is 2.15. The van der Waals surface area contributed by atoms with Gasteiger partial charge in [0.05, 0.1) is 0 Å². The van der Waals surface area contributed by atoms with Crippen molar-refractivity contribution in [2.75, 3.05) is 0 Å². The summed E-state index contributed by atoms with van der Waals surface area (Å²) < 4.78 is 14.1. The predicted molar refractivity (Wildman–Crippen MR) is 77.7 cm³/mol. The highest BCUT2D eigenvalue weighted by atomic mass is 32.1. The van der Waals surface area contributed by atoms with Gasteiger partial charge in [0.15, 0.2) is 0 Å². The third kappa shape index (κ3) is 3.20. The molecule has 0 aliphatic carbocycles. The van der Waals surface area contributed by atoms with Crippen LogP contribution >= 0.6 is 11.3 Å². The van der Waals surface area contributed by atoms with E-state index in [0.29, 0.717) is 0 Å². The van der Waals surface area contributed by atoms with Crippen molar-refractivity contribution in [3.63, 3.8) is 0 Å². The second-order valence-electron chi connectivity index (χ2n) is 4.68. The first-order valence-electron chi connectivity index (χ1n) is 6.56. The molecule has 0 fully saturated rings. The molecule has 0 atom stereocenters. The maximum atomic E-state index is 14.1. The number of halogens is 1. The summed E-state index contributed by atoms with van der Waals surface area (Å²) in [7, 11) is 0. The number of aryl methyl sites for hydroxylation is 2. The number of benzene rings is 1. The lowest BCUT2D eigenvalue weighted by atomic mass is 10.0. The zero-order valence-electron chi connectivity index (χ0n) is 11.0. The van der Waals surface area contributed by atoms with E-state index in [9.17, 15) is 4.39 Å². The van der Waals surface area contributed by atoms with Crippen molar-refractivity contribution in [2.24, 2.45) is 0 Å². The molecule has 18 heavy (non-hydrogen) atoms. The summed E-state index contributed by atoms with van der Waals surface area (Å²) in [6, 6.07) is 9.70. The van der Waals surface area contributed by atoms with Gasteiger partial charge < -0.3 is 0 Å².